The molecule has 0 aliphatic heterocycles. The van der Waals surface area contributed by atoms with Gasteiger partial charge in [0.05, 0.1) is 9.80 Å². The fourth-order valence-corrected chi connectivity index (χ4v) is 4.25. The first-order valence-corrected chi connectivity index (χ1v) is 9.61. The fourth-order valence-electron chi connectivity index (χ4n) is 2.69. The molecule has 3 rings (SSSR count). The minimum Gasteiger partial charge on any atom is -0.218 e. The second kappa shape index (κ2) is 7.08. The van der Waals surface area contributed by atoms with E-state index in [0.717, 1.165) is 22.3 Å². The molecule has 2 nitrogen and oxygen atoms in total. The molecule has 0 heterocycles. The van der Waals surface area contributed by atoms with Crippen LogP contribution in [0.2, 0.25) is 0 Å². The summed E-state index contributed by atoms with van der Waals surface area (Å²) in [4.78, 5) is 0.629. The quantitative estimate of drug-likeness (QED) is 0.602. The third-order valence-electron chi connectivity index (χ3n) is 4.13. The first kappa shape index (κ1) is 17.2. The number of sulfone groups is 1. The summed E-state index contributed by atoms with van der Waals surface area (Å²) >= 11 is 0. The van der Waals surface area contributed by atoms with Gasteiger partial charge in [-0.1, -0.05) is 72.3 Å². The van der Waals surface area contributed by atoms with E-state index in [4.69, 9.17) is 0 Å². The lowest BCUT2D eigenvalue weighted by molar-refractivity contribution is 0.606. The van der Waals surface area contributed by atoms with Crippen LogP contribution < -0.4 is 0 Å². The number of hydrogen-bond donors (Lipinski definition) is 0. The van der Waals surface area contributed by atoms with Crippen molar-refractivity contribution in [1.29, 1.82) is 0 Å². The van der Waals surface area contributed by atoms with Gasteiger partial charge in [-0.15, -0.1) is 0 Å². The SMILES string of the molecule is Cc1ccc(S(=O)(=O)/C(=C/c2ccccc2)c2ccccc2C)cc1. The van der Waals surface area contributed by atoms with E-state index in [9.17, 15) is 8.42 Å². The first-order valence-electron chi connectivity index (χ1n) is 8.13. The van der Waals surface area contributed by atoms with Crippen LogP contribution in [-0.4, -0.2) is 8.42 Å². The molecular weight excluding hydrogens is 328 g/mol. The van der Waals surface area contributed by atoms with E-state index in [1.165, 1.54) is 0 Å². The van der Waals surface area contributed by atoms with Crippen molar-refractivity contribution < 1.29 is 8.42 Å². The normalized spacial score (nSPS) is 12.2. The average Bonchev–Trinajstić information content (AvgIpc) is 2.62. The molecule has 0 aliphatic rings. The zero-order valence-corrected chi connectivity index (χ0v) is 15.1. The van der Waals surface area contributed by atoms with Gasteiger partial charge in [0.2, 0.25) is 9.84 Å². The van der Waals surface area contributed by atoms with Gasteiger partial charge in [-0.05, 0) is 48.7 Å². The van der Waals surface area contributed by atoms with Gasteiger partial charge in [0.25, 0.3) is 0 Å². The van der Waals surface area contributed by atoms with Gasteiger partial charge in [0.15, 0.2) is 0 Å². The molecule has 3 aromatic rings. The van der Waals surface area contributed by atoms with Crippen LogP contribution in [0.1, 0.15) is 22.3 Å². The molecular formula is C22H20O2S. The highest BCUT2D eigenvalue weighted by molar-refractivity contribution is 8.00. The van der Waals surface area contributed by atoms with E-state index in [1.807, 2.05) is 80.6 Å². The Kier molecular flexibility index (Phi) is 4.86. The Balaban J connectivity index is 2.23. The van der Waals surface area contributed by atoms with Crippen molar-refractivity contribution >= 4 is 20.8 Å². The maximum Gasteiger partial charge on any atom is 0.207 e. The number of aryl methyl sites for hydroxylation is 2. The predicted octanol–water partition coefficient (Wildman–Crippen LogP) is 5.28. The molecule has 0 fully saturated rings. The van der Waals surface area contributed by atoms with Crippen molar-refractivity contribution in [3.05, 3.63) is 101 Å². The predicted molar refractivity (Wildman–Crippen MR) is 104 cm³/mol. The van der Waals surface area contributed by atoms with E-state index in [2.05, 4.69) is 0 Å². The van der Waals surface area contributed by atoms with E-state index in [-0.39, 0.29) is 0 Å². The van der Waals surface area contributed by atoms with E-state index in [1.54, 1.807) is 18.2 Å². The topological polar surface area (TPSA) is 34.1 Å². The van der Waals surface area contributed by atoms with Crippen molar-refractivity contribution in [2.45, 2.75) is 18.7 Å². The maximum absolute atomic E-state index is 13.3. The van der Waals surface area contributed by atoms with Crippen LogP contribution in [0.4, 0.5) is 0 Å². The van der Waals surface area contributed by atoms with Gasteiger partial charge in [-0.25, -0.2) is 8.42 Å². The van der Waals surface area contributed by atoms with Crippen LogP contribution in [-0.2, 0) is 9.84 Å². The Morgan fingerprint density at radius 2 is 1.36 bits per heavy atom. The van der Waals surface area contributed by atoms with Crippen LogP contribution in [0.5, 0.6) is 0 Å². The molecule has 3 aromatic carbocycles. The summed E-state index contributed by atoms with van der Waals surface area (Å²) in [6.07, 6.45) is 1.75. The third-order valence-corrected chi connectivity index (χ3v) is 5.94. The van der Waals surface area contributed by atoms with Gasteiger partial charge >= 0.3 is 0 Å². The highest BCUT2D eigenvalue weighted by Crippen LogP contribution is 2.32. The van der Waals surface area contributed by atoms with Gasteiger partial charge in [-0.3, -0.25) is 0 Å². The molecule has 0 radical (unpaired) electrons. The average molecular weight is 348 g/mol. The summed E-state index contributed by atoms with van der Waals surface area (Å²) in [6.45, 7) is 3.87. The largest absolute Gasteiger partial charge is 0.218 e. The van der Waals surface area contributed by atoms with Crippen molar-refractivity contribution in [3.63, 3.8) is 0 Å². The Morgan fingerprint density at radius 3 is 2.00 bits per heavy atom. The molecule has 0 bridgehead atoms. The van der Waals surface area contributed by atoms with Crippen LogP contribution in [0.25, 0.3) is 11.0 Å². The molecule has 0 spiro atoms. The molecule has 0 N–H and O–H groups in total. The van der Waals surface area contributed by atoms with Crippen molar-refractivity contribution in [1.82, 2.24) is 0 Å². The highest BCUT2D eigenvalue weighted by atomic mass is 32.2. The van der Waals surface area contributed by atoms with Gasteiger partial charge in [-0.2, -0.15) is 0 Å². The maximum atomic E-state index is 13.3. The minimum atomic E-state index is -3.63. The molecule has 3 heteroatoms. The monoisotopic (exact) mass is 348 g/mol. The van der Waals surface area contributed by atoms with Crippen molar-refractivity contribution in [2.24, 2.45) is 0 Å². The third kappa shape index (κ3) is 3.72. The van der Waals surface area contributed by atoms with Crippen molar-refractivity contribution in [2.75, 3.05) is 0 Å². The Bertz CT molecular complexity index is 999. The molecule has 126 valence electrons. The van der Waals surface area contributed by atoms with Gasteiger partial charge in [0, 0.05) is 0 Å². The summed E-state index contributed by atoms with van der Waals surface area (Å²) in [7, 11) is -3.63. The van der Waals surface area contributed by atoms with E-state index >= 15 is 0 Å². The summed E-state index contributed by atoms with van der Waals surface area (Å²) in [5.41, 5.74) is 3.55. The summed E-state index contributed by atoms with van der Waals surface area (Å²) in [5.74, 6) is 0. The Hall–Kier alpha value is -2.65. The number of benzene rings is 3. The van der Waals surface area contributed by atoms with Crippen LogP contribution in [0.15, 0.2) is 83.8 Å². The van der Waals surface area contributed by atoms with Gasteiger partial charge < -0.3 is 0 Å². The zero-order chi connectivity index (χ0) is 17.9. The molecule has 0 unspecified atom stereocenters. The summed E-state index contributed by atoms with van der Waals surface area (Å²) in [5, 5.41) is 0. The molecule has 0 amide bonds. The fraction of sp³-hybridized carbons (Fsp3) is 0.0909. The molecule has 0 atom stereocenters. The second-order valence-electron chi connectivity index (χ2n) is 6.05. The minimum absolute atomic E-state index is 0.309. The standard InChI is InChI=1S/C22H20O2S/c1-17-12-14-20(15-13-17)25(23,24)22(16-19-9-4-3-5-10-19)21-11-7-6-8-18(21)2/h3-16H,1-2H3/b22-16+. The molecule has 0 saturated heterocycles. The van der Waals surface area contributed by atoms with Crippen molar-refractivity contribution in [3.8, 4) is 0 Å². The number of hydrogen-bond acceptors (Lipinski definition) is 2. The molecule has 25 heavy (non-hydrogen) atoms. The van der Waals surface area contributed by atoms with Gasteiger partial charge in [0.1, 0.15) is 0 Å². The molecule has 0 saturated carbocycles. The lowest BCUT2D eigenvalue weighted by Crippen LogP contribution is -2.05. The summed E-state index contributed by atoms with van der Waals surface area (Å²) in [6, 6.07) is 24.1. The Labute approximate surface area is 149 Å². The highest BCUT2D eigenvalue weighted by Gasteiger charge is 2.23. The zero-order valence-electron chi connectivity index (χ0n) is 14.3. The number of rotatable bonds is 4. The molecule has 0 aliphatic carbocycles. The second-order valence-corrected chi connectivity index (χ2v) is 7.97. The lowest BCUT2D eigenvalue weighted by Gasteiger charge is -2.13. The smallest absolute Gasteiger partial charge is 0.207 e. The van der Waals surface area contributed by atoms with E-state index < -0.39 is 9.84 Å². The molecule has 0 aromatic heterocycles. The Morgan fingerprint density at radius 1 is 0.760 bits per heavy atom. The van der Waals surface area contributed by atoms with Crippen LogP contribution in [0, 0.1) is 13.8 Å². The van der Waals surface area contributed by atoms with Crippen LogP contribution >= 0.6 is 0 Å². The summed E-state index contributed by atoms with van der Waals surface area (Å²) < 4.78 is 26.7. The lowest BCUT2D eigenvalue weighted by atomic mass is 10.1. The first-order chi connectivity index (χ1) is 12.0. The van der Waals surface area contributed by atoms with Crippen LogP contribution in [0.3, 0.4) is 0 Å². The van der Waals surface area contributed by atoms with E-state index in [0.29, 0.717) is 9.80 Å².